The number of aliphatic imine (C=N–C) groups is 1. The van der Waals surface area contributed by atoms with Crippen molar-refractivity contribution in [2.24, 2.45) is 15.1 Å². The number of carbonyl (C=O) groups excluding carboxylic acids is 1. The van der Waals surface area contributed by atoms with Crippen molar-refractivity contribution in [1.29, 1.82) is 0 Å². The Hall–Kier alpha value is -3.23. The molecule has 4 heterocycles. The molecule has 8 nitrogen and oxygen atoms in total. The summed E-state index contributed by atoms with van der Waals surface area (Å²) in [6, 6.07) is 3.39. The van der Waals surface area contributed by atoms with Gasteiger partial charge in [0.1, 0.15) is 45.8 Å². The van der Waals surface area contributed by atoms with Crippen LogP contribution in [0.25, 0.3) is 0 Å². The zero-order valence-corrected chi connectivity index (χ0v) is 22.4. The van der Waals surface area contributed by atoms with Crippen LogP contribution in [0.15, 0.2) is 33.8 Å². The predicted molar refractivity (Wildman–Crippen MR) is 135 cm³/mol. The first-order valence-corrected chi connectivity index (χ1v) is 13.9. The fourth-order valence-corrected chi connectivity index (χ4v) is 7.58. The molecule has 3 atom stereocenters. The van der Waals surface area contributed by atoms with Crippen molar-refractivity contribution >= 4 is 21.3 Å². The van der Waals surface area contributed by atoms with E-state index in [1.165, 1.54) is 19.1 Å². The average Bonchev–Trinajstić information content (AvgIpc) is 2.89. The van der Waals surface area contributed by atoms with E-state index < -0.39 is 75.1 Å². The van der Waals surface area contributed by atoms with Crippen LogP contribution in [0, 0.1) is 12.7 Å². The van der Waals surface area contributed by atoms with Crippen LogP contribution in [0.1, 0.15) is 47.2 Å². The van der Waals surface area contributed by atoms with Crippen LogP contribution in [0.3, 0.4) is 0 Å². The van der Waals surface area contributed by atoms with Crippen molar-refractivity contribution in [2.45, 2.75) is 55.7 Å². The second-order valence-electron chi connectivity index (χ2n) is 10.1. The normalized spacial score (nSPS) is 26.6. The Labute approximate surface area is 226 Å². The SMILES string of the molecule is Cc1cc(OCC(F)(F)C(F)F)cnc1C(=O)Cc1ccc(F)c([C@]2(CF)C[S@]3(=O)=NCCC[C@]3(C)C(N)=N2)n1. The summed E-state index contributed by atoms with van der Waals surface area (Å²) in [5.74, 6) is -6.67. The number of pyridine rings is 2. The molecule has 0 spiro atoms. The topological polar surface area (TPSA) is 120 Å². The number of carbonyl (C=O) groups is 1. The van der Waals surface area contributed by atoms with Crippen LogP contribution in [-0.4, -0.2) is 68.5 Å². The summed E-state index contributed by atoms with van der Waals surface area (Å²) >= 11 is 0. The van der Waals surface area contributed by atoms with Crippen LogP contribution in [0.4, 0.5) is 26.3 Å². The van der Waals surface area contributed by atoms with E-state index >= 15 is 4.39 Å². The molecule has 0 fully saturated rings. The van der Waals surface area contributed by atoms with E-state index in [1.54, 1.807) is 6.92 Å². The molecule has 2 aromatic heterocycles. The average molecular weight is 592 g/mol. The molecule has 4 rings (SSSR count). The molecule has 15 heteroatoms. The lowest BCUT2D eigenvalue weighted by Crippen LogP contribution is -2.59. The molecule has 40 heavy (non-hydrogen) atoms. The Bertz CT molecular complexity index is 1480. The molecule has 0 saturated heterocycles. The third-order valence-electron chi connectivity index (χ3n) is 7.10. The fourth-order valence-electron chi connectivity index (χ4n) is 4.70. The van der Waals surface area contributed by atoms with Crippen LogP contribution in [0.2, 0.25) is 0 Å². The molecule has 0 aliphatic carbocycles. The number of hydrogen-bond donors (Lipinski definition) is 1. The van der Waals surface area contributed by atoms with Gasteiger partial charge in [-0.1, -0.05) is 0 Å². The van der Waals surface area contributed by atoms with Crippen molar-refractivity contribution in [1.82, 2.24) is 9.97 Å². The minimum Gasteiger partial charge on any atom is -0.485 e. The fraction of sp³-hybridized carbons (Fsp3) is 0.520. The molecule has 0 saturated carbocycles. The predicted octanol–water partition coefficient (Wildman–Crippen LogP) is 4.18. The van der Waals surface area contributed by atoms with Crippen LogP contribution < -0.4 is 10.5 Å². The maximum absolute atomic E-state index is 15.1. The maximum Gasteiger partial charge on any atom is 0.340 e. The van der Waals surface area contributed by atoms with Crippen molar-refractivity contribution in [3.8, 4) is 5.75 Å². The number of aryl methyl sites for hydroxylation is 1. The summed E-state index contributed by atoms with van der Waals surface area (Å²) in [5, 5.41) is 0. The van der Waals surface area contributed by atoms with Gasteiger partial charge in [0, 0.05) is 12.2 Å². The quantitative estimate of drug-likeness (QED) is 0.345. The van der Waals surface area contributed by atoms with Gasteiger partial charge in [0.25, 0.3) is 0 Å². The van der Waals surface area contributed by atoms with Gasteiger partial charge < -0.3 is 10.5 Å². The lowest BCUT2D eigenvalue weighted by atomic mass is 9.95. The number of nitrogens with two attached hydrogens (primary N) is 1. The first kappa shape index (κ1) is 29.7. The summed E-state index contributed by atoms with van der Waals surface area (Å²) in [6.45, 7) is 0.529. The molecule has 2 aliphatic rings. The number of alkyl halides is 5. The first-order valence-electron chi connectivity index (χ1n) is 12.2. The molecule has 218 valence electrons. The van der Waals surface area contributed by atoms with Gasteiger partial charge in [-0.25, -0.2) is 31.1 Å². The maximum atomic E-state index is 15.1. The molecule has 2 N–H and O–H groups in total. The molecule has 0 aromatic carbocycles. The third kappa shape index (κ3) is 5.27. The summed E-state index contributed by atoms with van der Waals surface area (Å²) in [6.07, 6.45) is -2.33. The third-order valence-corrected chi connectivity index (χ3v) is 10.4. The van der Waals surface area contributed by atoms with Crippen molar-refractivity contribution < 1.29 is 40.1 Å². The summed E-state index contributed by atoms with van der Waals surface area (Å²) in [4.78, 5) is 25.3. The highest BCUT2D eigenvalue weighted by Crippen LogP contribution is 2.42. The van der Waals surface area contributed by atoms with Gasteiger partial charge in [0.2, 0.25) is 0 Å². The van der Waals surface area contributed by atoms with Gasteiger partial charge in [0.05, 0.1) is 28.1 Å². The molecule has 0 radical (unpaired) electrons. The van der Waals surface area contributed by atoms with E-state index in [0.29, 0.717) is 19.4 Å². The lowest BCUT2D eigenvalue weighted by molar-refractivity contribution is -0.148. The molecular weight excluding hydrogens is 564 g/mol. The number of ether oxygens (including phenoxy) is 1. The van der Waals surface area contributed by atoms with E-state index in [0.717, 1.165) is 12.3 Å². The number of aromatic nitrogens is 2. The lowest BCUT2D eigenvalue weighted by Gasteiger charge is -2.44. The summed E-state index contributed by atoms with van der Waals surface area (Å²) in [7, 11) is -3.13. The van der Waals surface area contributed by atoms with Crippen molar-refractivity contribution in [3.63, 3.8) is 0 Å². The van der Waals surface area contributed by atoms with Gasteiger partial charge in [-0.05, 0) is 50.5 Å². The highest BCUT2D eigenvalue weighted by atomic mass is 32.2. The minimum atomic E-state index is -4.37. The Morgan fingerprint density at radius 1 is 1.30 bits per heavy atom. The number of halogens is 6. The Morgan fingerprint density at radius 3 is 2.67 bits per heavy atom. The zero-order valence-electron chi connectivity index (χ0n) is 21.6. The van der Waals surface area contributed by atoms with E-state index in [2.05, 4.69) is 19.3 Å². The molecule has 0 unspecified atom stereocenters. The number of ketones is 1. The van der Waals surface area contributed by atoms with E-state index in [-0.39, 0.29) is 28.5 Å². The van der Waals surface area contributed by atoms with Crippen LogP contribution >= 0.6 is 0 Å². The number of hydrogen-bond acceptors (Lipinski definition) is 8. The van der Waals surface area contributed by atoms with Gasteiger partial charge in [-0.3, -0.25) is 14.8 Å². The molecule has 2 aromatic rings. The van der Waals surface area contributed by atoms with Crippen molar-refractivity contribution in [3.05, 3.63) is 52.9 Å². The monoisotopic (exact) mass is 591 g/mol. The summed E-state index contributed by atoms with van der Waals surface area (Å²) < 4.78 is 102. The van der Waals surface area contributed by atoms with Crippen LogP contribution in [0.5, 0.6) is 5.75 Å². The standard InChI is InChI=1S/C25H27F6N5O3S/c1-14-8-16(39-12-25(30,31)21(28)29)10-33-19(14)18(37)9-15-4-5-17(27)20(35-15)24(11-26)13-40(38)23(2,22(32)36-24)6-3-7-34-40/h4-5,8,10,21H,3,6-7,9,11-13H2,1-2H3,(H2,32,36)/t23-,24+,40-/m1/s1. The second kappa shape index (κ2) is 10.6. The second-order valence-corrected chi connectivity index (χ2v) is 12.8. The number of nitrogens with zero attached hydrogens (tertiary/aromatic N) is 4. The molecule has 0 amide bonds. The number of Topliss-reactive ketones (excluding diaryl/α,β-unsaturated/α-hetero) is 1. The molecular formula is C25H27F6N5O3S. The Balaban J connectivity index is 1.60. The largest absolute Gasteiger partial charge is 0.485 e. The molecule has 2 aliphatic heterocycles. The van der Waals surface area contributed by atoms with E-state index in [4.69, 9.17) is 10.5 Å². The zero-order chi connectivity index (χ0) is 29.5. The Kier molecular flexibility index (Phi) is 7.91. The van der Waals surface area contributed by atoms with Gasteiger partial charge in [-0.15, -0.1) is 0 Å². The minimum absolute atomic E-state index is 0.0324. The number of fused-ring (bicyclic) bond motifs is 1. The van der Waals surface area contributed by atoms with Gasteiger partial charge in [0.15, 0.2) is 12.4 Å². The smallest absolute Gasteiger partial charge is 0.340 e. The highest BCUT2D eigenvalue weighted by molar-refractivity contribution is 7.95. The summed E-state index contributed by atoms with van der Waals surface area (Å²) in [5.41, 5.74) is 3.85. The first-order chi connectivity index (χ1) is 18.7. The highest BCUT2D eigenvalue weighted by Gasteiger charge is 2.54. The van der Waals surface area contributed by atoms with Crippen LogP contribution in [-0.2, 0) is 21.7 Å². The van der Waals surface area contributed by atoms with Crippen molar-refractivity contribution in [2.75, 3.05) is 25.6 Å². The van der Waals surface area contributed by atoms with E-state index in [9.17, 15) is 31.0 Å². The van der Waals surface area contributed by atoms with Gasteiger partial charge in [-0.2, -0.15) is 8.78 Å². The number of amidine groups is 1. The van der Waals surface area contributed by atoms with Gasteiger partial charge >= 0.3 is 12.3 Å². The molecule has 0 bridgehead atoms. The van der Waals surface area contributed by atoms with E-state index in [1.807, 2.05) is 0 Å². The Morgan fingerprint density at radius 2 is 2.02 bits per heavy atom. The number of rotatable bonds is 9.